The largest absolute Gasteiger partial charge is 0.486 e. The van der Waals surface area contributed by atoms with Crippen LogP contribution in [-0.2, 0) is 6.42 Å². The SMILES string of the molecule is C=CCOc1ccc(/C=N\N=C\c2ccc(CCC)cc2)cc1F. The first kappa shape index (κ1) is 17.6. The summed E-state index contributed by atoms with van der Waals surface area (Å²) in [5.41, 5.74) is 2.91. The Balaban J connectivity index is 1.95. The van der Waals surface area contributed by atoms with Crippen molar-refractivity contribution >= 4 is 12.4 Å². The van der Waals surface area contributed by atoms with Crippen molar-refractivity contribution in [3.8, 4) is 5.75 Å². The molecule has 0 amide bonds. The Kier molecular flexibility index (Phi) is 6.90. The second kappa shape index (κ2) is 9.40. The fourth-order valence-corrected chi connectivity index (χ4v) is 2.12. The number of nitrogens with zero attached hydrogens (tertiary/aromatic N) is 2. The summed E-state index contributed by atoms with van der Waals surface area (Å²) < 4.78 is 19.0. The van der Waals surface area contributed by atoms with Gasteiger partial charge in [0.05, 0.1) is 12.4 Å². The van der Waals surface area contributed by atoms with Crippen LogP contribution in [0.5, 0.6) is 5.75 Å². The van der Waals surface area contributed by atoms with E-state index < -0.39 is 5.82 Å². The standard InChI is InChI=1S/C20H21FN2O/c1-3-5-16-6-8-17(9-7-16)14-22-23-15-18-10-11-20(19(21)13-18)24-12-4-2/h4,6-11,13-15H,2-3,5,12H2,1H3/b22-14+,23-15-. The van der Waals surface area contributed by atoms with Crippen LogP contribution in [0.4, 0.5) is 4.39 Å². The normalized spacial score (nSPS) is 11.2. The first-order valence-corrected chi connectivity index (χ1v) is 7.91. The fraction of sp³-hybridized carbons (Fsp3) is 0.200. The molecule has 124 valence electrons. The van der Waals surface area contributed by atoms with Crippen LogP contribution in [0.25, 0.3) is 0 Å². The second-order valence-corrected chi connectivity index (χ2v) is 5.27. The predicted molar refractivity (Wildman–Crippen MR) is 97.7 cm³/mol. The number of hydrogen-bond acceptors (Lipinski definition) is 3. The Morgan fingerprint density at radius 3 is 2.33 bits per heavy atom. The quantitative estimate of drug-likeness (QED) is 0.390. The highest BCUT2D eigenvalue weighted by molar-refractivity contribution is 5.82. The van der Waals surface area contributed by atoms with Crippen molar-refractivity contribution < 1.29 is 9.13 Å². The van der Waals surface area contributed by atoms with Gasteiger partial charge in [-0.25, -0.2) is 4.39 Å². The fourth-order valence-electron chi connectivity index (χ4n) is 2.12. The highest BCUT2D eigenvalue weighted by Crippen LogP contribution is 2.17. The molecule has 0 spiro atoms. The zero-order chi connectivity index (χ0) is 17.2. The number of aryl methyl sites for hydroxylation is 1. The van der Waals surface area contributed by atoms with E-state index in [0.717, 1.165) is 18.4 Å². The average molecular weight is 324 g/mol. The van der Waals surface area contributed by atoms with E-state index in [0.29, 0.717) is 5.56 Å². The van der Waals surface area contributed by atoms with Crippen molar-refractivity contribution in [2.75, 3.05) is 6.61 Å². The Morgan fingerprint density at radius 2 is 1.71 bits per heavy atom. The highest BCUT2D eigenvalue weighted by atomic mass is 19.1. The van der Waals surface area contributed by atoms with Gasteiger partial charge in [-0.05, 0) is 41.3 Å². The molecule has 2 aromatic rings. The van der Waals surface area contributed by atoms with E-state index in [9.17, 15) is 4.39 Å². The first-order valence-electron chi connectivity index (χ1n) is 7.91. The molecule has 0 N–H and O–H groups in total. The molecule has 0 fully saturated rings. The molecule has 0 radical (unpaired) electrons. The highest BCUT2D eigenvalue weighted by Gasteiger charge is 2.02. The van der Waals surface area contributed by atoms with Gasteiger partial charge < -0.3 is 4.74 Å². The van der Waals surface area contributed by atoms with Crippen molar-refractivity contribution in [2.24, 2.45) is 10.2 Å². The Bertz CT molecular complexity index is 721. The summed E-state index contributed by atoms with van der Waals surface area (Å²) in [7, 11) is 0. The lowest BCUT2D eigenvalue weighted by Crippen LogP contribution is -1.96. The predicted octanol–water partition coefficient (Wildman–Crippen LogP) is 4.80. The number of ether oxygens (including phenoxy) is 1. The zero-order valence-electron chi connectivity index (χ0n) is 13.8. The summed E-state index contributed by atoms with van der Waals surface area (Å²) in [6, 6.07) is 12.8. The van der Waals surface area contributed by atoms with E-state index >= 15 is 0 Å². The molecule has 2 aromatic carbocycles. The van der Waals surface area contributed by atoms with Gasteiger partial charge in [-0.2, -0.15) is 10.2 Å². The van der Waals surface area contributed by atoms with Crippen LogP contribution in [0.2, 0.25) is 0 Å². The van der Waals surface area contributed by atoms with Gasteiger partial charge in [0.15, 0.2) is 11.6 Å². The van der Waals surface area contributed by atoms with Crippen LogP contribution >= 0.6 is 0 Å². The van der Waals surface area contributed by atoms with Gasteiger partial charge in [0.2, 0.25) is 0 Å². The lowest BCUT2D eigenvalue weighted by molar-refractivity contribution is 0.342. The molecule has 0 heterocycles. The van der Waals surface area contributed by atoms with Crippen molar-refractivity contribution in [1.29, 1.82) is 0 Å². The molecule has 0 aliphatic heterocycles. The maximum Gasteiger partial charge on any atom is 0.165 e. The maximum absolute atomic E-state index is 13.8. The first-order chi connectivity index (χ1) is 11.7. The van der Waals surface area contributed by atoms with E-state index in [1.807, 2.05) is 12.1 Å². The molecule has 0 aliphatic carbocycles. The smallest absolute Gasteiger partial charge is 0.165 e. The molecule has 0 atom stereocenters. The monoisotopic (exact) mass is 324 g/mol. The van der Waals surface area contributed by atoms with E-state index in [1.54, 1.807) is 24.4 Å². The van der Waals surface area contributed by atoms with Gasteiger partial charge in [-0.15, -0.1) is 0 Å². The van der Waals surface area contributed by atoms with Gasteiger partial charge in [0, 0.05) is 0 Å². The van der Waals surface area contributed by atoms with E-state index in [4.69, 9.17) is 4.74 Å². The summed E-state index contributed by atoms with van der Waals surface area (Å²) in [6.07, 6.45) is 6.95. The van der Waals surface area contributed by atoms with E-state index in [-0.39, 0.29) is 12.4 Å². The zero-order valence-corrected chi connectivity index (χ0v) is 13.8. The van der Waals surface area contributed by atoms with Crippen LogP contribution < -0.4 is 4.74 Å². The molecule has 2 rings (SSSR count). The molecule has 0 aromatic heterocycles. The molecule has 4 heteroatoms. The molecular weight excluding hydrogens is 303 g/mol. The minimum atomic E-state index is -0.434. The van der Waals surface area contributed by atoms with E-state index in [1.165, 1.54) is 17.8 Å². The minimum absolute atomic E-state index is 0.197. The molecule has 0 saturated heterocycles. The van der Waals surface area contributed by atoms with Crippen LogP contribution in [0, 0.1) is 5.82 Å². The third-order valence-corrected chi connectivity index (χ3v) is 3.31. The lowest BCUT2D eigenvalue weighted by atomic mass is 10.1. The molecule has 0 bridgehead atoms. The van der Waals surface area contributed by atoms with Gasteiger partial charge in [-0.1, -0.05) is 50.3 Å². The van der Waals surface area contributed by atoms with Crippen LogP contribution in [0.3, 0.4) is 0 Å². The topological polar surface area (TPSA) is 34.0 Å². The van der Waals surface area contributed by atoms with Crippen LogP contribution in [0.1, 0.15) is 30.0 Å². The number of rotatable bonds is 8. The Morgan fingerprint density at radius 1 is 1.04 bits per heavy atom. The lowest BCUT2D eigenvalue weighted by Gasteiger charge is -2.04. The molecule has 24 heavy (non-hydrogen) atoms. The number of benzene rings is 2. The van der Waals surface area contributed by atoms with Gasteiger partial charge >= 0.3 is 0 Å². The maximum atomic E-state index is 13.8. The molecule has 3 nitrogen and oxygen atoms in total. The van der Waals surface area contributed by atoms with Crippen molar-refractivity contribution in [3.63, 3.8) is 0 Å². The summed E-state index contributed by atoms with van der Waals surface area (Å²) >= 11 is 0. The van der Waals surface area contributed by atoms with Crippen molar-refractivity contribution in [1.82, 2.24) is 0 Å². The van der Waals surface area contributed by atoms with Crippen LogP contribution in [0.15, 0.2) is 65.3 Å². The number of hydrogen-bond donors (Lipinski definition) is 0. The summed E-state index contributed by atoms with van der Waals surface area (Å²) in [4.78, 5) is 0. The summed E-state index contributed by atoms with van der Waals surface area (Å²) in [5.74, 6) is -0.237. The number of halogens is 1. The van der Waals surface area contributed by atoms with Crippen molar-refractivity contribution in [3.05, 3.63) is 77.6 Å². The third kappa shape index (κ3) is 5.47. The Hall–Kier alpha value is -2.75. The summed E-state index contributed by atoms with van der Waals surface area (Å²) in [6.45, 7) is 5.95. The van der Waals surface area contributed by atoms with Crippen molar-refractivity contribution in [2.45, 2.75) is 19.8 Å². The second-order valence-electron chi connectivity index (χ2n) is 5.27. The van der Waals surface area contributed by atoms with Gasteiger partial charge in [0.25, 0.3) is 0 Å². The third-order valence-electron chi connectivity index (χ3n) is 3.31. The average Bonchev–Trinajstić information content (AvgIpc) is 2.59. The minimum Gasteiger partial charge on any atom is -0.486 e. The summed E-state index contributed by atoms with van der Waals surface area (Å²) in [5, 5.41) is 7.94. The van der Waals surface area contributed by atoms with Gasteiger partial charge in [0.1, 0.15) is 6.61 Å². The molecule has 0 aliphatic rings. The molecule has 0 saturated carbocycles. The van der Waals surface area contributed by atoms with Crippen LogP contribution in [-0.4, -0.2) is 19.0 Å². The van der Waals surface area contributed by atoms with E-state index in [2.05, 4.69) is 35.8 Å². The molecule has 0 unspecified atom stereocenters. The Labute approximate surface area is 142 Å². The molecular formula is C20H21FN2O. The van der Waals surface area contributed by atoms with Gasteiger partial charge in [-0.3, -0.25) is 0 Å².